The average Bonchev–Trinajstić information content (AvgIpc) is 2.64. The summed E-state index contributed by atoms with van der Waals surface area (Å²) in [5.74, 6) is -0.183. The summed E-state index contributed by atoms with van der Waals surface area (Å²) in [6.07, 6.45) is 3.60. The number of halogens is 1. The van der Waals surface area contributed by atoms with Gasteiger partial charge in [0.15, 0.2) is 0 Å². The van der Waals surface area contributed by atoms with Crippen molar-refractivity contribution in [2.24, 2.45) is 0 Å². The molecule has 1 amide bonds. The van der Waals surface area contributed by atoms with E-state index in [1.807, 2.05) is 0 Å². The lowest BCUT2D eigenvalue weighted by molar-refractivity contribution is -0.114. The van der Waals surface area contributed by atoms with Gasteiger partial charge in [0.05, 0.1) is 5.69 Å². The molecule has 0 aromatic heterocycles. The topological polar surface area (TPSA) is 44.2 Å². The van der Waals surface area contributed by atoms with Crippen LogP contribution in [-0.2, 0) is 4.79 Å². The van der Waals surface area contributed by atoms with Crippen LogP contribution in [0.25, 0.3) is 0 Å². The molecule has 0 atom stereocenters. The number of anilines is 1. The van der Waals surface area contributed by atoms with Gasteiger partial charge in [-0.1, -0.05) is 0 Å². The van der Waals surface area contributed by atoms with Crippen molar-refractivity contribution < 1.29 is 9.18 Å². The number of nitrogens with zero attached hydrogens (tertiary/aromatic N) is 1. The average molecular weight is 244 g/mol. The van der Waals surface area contributed by atoms with Crippen molar-refractivity contribution in [3.63, 3.8) is 0 Å². The van der Waals surface area contributed by atoms with E-state index in [1.165, 1.54) is 17.0 Å². The standard InChI is InChI=1S/C14H13FN2O/c15-9-5-7-10(8-6-9)17-13(16)11-3-1-2-4-12(11)14(17)18/h5-8,16H,1-4H2. The second-order valence-electron chi connectivity index (χ2n) is 4.63. The number of hydrogen-bond donors (Lipinski definition) is 1. The maximum Gasteiger partial charge on any atom is 0.260 e. The van der Waals surface area contributed by atoms with Gasteiger partial charge in [-0.05, 0) is 49.9 Å². The molecule has 1 aromatic carbocycles. The Morgan fingerprint density at radius 2 is 1.67 bits per heavy atom. The quantitative estimate of drug-likeness (QED) is 0.810. The van der Waals surface area contributed by atoms with Gasteiger partial charge in [-0.25, -0.2) is 4.39 Å². The molecule has 0 bridgehead atoms. The van der Waals surface area contributed by atoms with Crippen LogP contribution in [0.5, 0.6) is 0 Å². The van der Waals surface area contributed by atoms with Gasteiger partial charge < -0.3 is 0 Å². The zero-order valence-electron chi connectivity index (χ0n) is 9.87. The number of amidine groups is 1. The van der Waals surface area contributed by atoms with Gasteiger partial charge in [-0.3, -0.25) is 15.1 Å². The zero-order chi connectivity index (χ0) is 12.7. The lowest BCUT2D eigenvalue weighted by Gasteiger charge is -2.17. The number of amides is 1. The molecule has 0 unspecified atom stereocenters. The van der Waals surface area contributed by atoms with E-state index in [9.17, 15) is 9.18 Å². The first-order valence-electron chi connectivity index (χ1n) is 6.09. The molecule has 1 aliphatic carbocycles. The van der Waals surface area contributed by atoms with Gasteiger partial charge in [-0.15, -0.1) is 0 Å². The molecule has 0 spiro atoms. The van der Waals surface area contributed by atoms with Gasteiger partial charge in [-0.2, -0.15) is 0 Å². The normalized spacial score (nSPS) is 19.5. The summed E-state index contributed by atoms with van der Waals surface area (Å²) in [4.78, 5) is 13.7. The van der Waals surface area contributed by atoms with Gasteiger partial charge >= 0.3 is 0 Å². The Morgan fingerprint density at radius 1 is 1.06 bits per heavy atom. The predicted octanol–water partition coefficient (Wildman–Crippen LogP) is 3.02. The molecular formula is C14H13FN2O. The molecule has 1 heterocycles. The lowest BCUT2D eigenvalue weighted by Crippen LogP contribution is -2.31. The van der Waals surface area contributed by atoms with E-state index in [-0.39, 0.29) is 17.6 Å². The summed E-state index contributed by atoms with van der Waals surface area (Å²) < 4.78 is 12.9. The summed E-state index contributed by atoms with van der Waals surface area (Å²) in [5.41, 5.74) is 2.21. The van der Waals surface area contributed by atoms with E-state index in [4.69, 9.17) is 5.41 Å². The summed E-state index contributed by atoms with van der Waals surface area (Å²) in [6.45, 7) is 0. The van der Waals surface area contributed by atoms with Crippen LogP contribution in [0.1, 0.15) is 25.7 Å². The predicted molar refractivity (Wildman–Crippen MR) is 67.1 cm³/mol. The van der Waals surface area contributed by atoms with Crippen molar-refractivity contribution in [3.8, 4) is 0 Å². The lowest BCUT2D eigenvalue weighted by atomic mass is 9.93. The SMILES string of the molecule is N=C1C2=C(CCCC2)C(=O)N1c1ccc(F)cc1. The summed E-state index contributed by atoms with van der Waals surface area (Å²) in [6, 6.07) is 5.71. The molecule has 18 heavy (non-hydrogen) atoms. The van der Waals surface area contributed by atoms with E-state index < -0.39 is 0 Å². The minimum Gasteiger partial charge on any atom is -0.284 e. The van der Waals surface area contributed by atoms with Gasteiger partial charge in [0.1, 0.15) is 11.7 Å². The Kier molecular flexibility index (Phi) is 2.51. The van der Waals surface area contributed by atoms with Crippen LogP contribution >= 0.6 is 0 Å². The van der Waals surface area contributed by atoms with Crippen molar-refractivity contribution in [2.45, 2.75) is 25.7 Å². The van der Waals surface area contributed by atoms with Crippen molar-refractivity contribution in [1.29, 1.82) is 5.41 Å². The van der Waals surface area contributed by atoms with Gasteiger partial charge in [0.25, 0.3) is 5.91 Å². The molecule has 1 N–H and O–H groups in total. The number of nitrogens with one attached hydrogen (secondary N) is 1. The van der Waals surface area contributed by atoms with Crippen molar-refractivity contribution >= 4 is 17.4 Å². The van der Waals surface area contributed by atoms with Crippen LogP contribution in [0.2, 0.25) is 0 Å². The number of carbonyl (C=O) groups is 1. The fourth-order valence-electron chi connectivity index (χ4n) is 2.61. The van der Waals surface area contributed by atoms with E-state index in [2.05, 4.69) is 0 Å². The van der Waals surface area contributed by atoms with E-state index in [0.717, 1.165) is 36.8 Å². The van der Waals surface area contributed by atoms with Gasteiger partial charge in [0, 0.05) is 11.1 Å². The van der Waals surface area contributed by atoms with Crippen LogP contribution in [0.4, 0.5) is 10.1 Å². The first kappa shape index (κ1) is 11.1. The number of benzene rings is 1. The van der Waals surface area contributed by atoms with Crippen LogP contribution in [-0.4, -0.2) is 11.7 Å². The third-order valence-corrected chi connectivity index (χ3v) is 3.52. The summed E-state index contributed by atoms with van der Waals surface area (Å²) in [7, 11) is 0. The maximum atomic E-state index is 12.9. The molecule has 0 saturated carbocycles. The number of hydrogen-bond acceptors (Lipinski definition) is 2. The summed E-state index contributed by atoms with van der Waals surface area (Å²) in [5, 5.41) is 8.11. The molecule has 1 aromatic rings. The fourth-order valence-corrected chi connectivity index (χ4v) is 2.61. The molecule has 3 nitrogen and oxygen atoms in total. The van der Waals surface area contributed by atoms with Crippen LogP contribution in [0.15, 0.2) is 35.4 Å². The van der Waals surface area contributed by atoms with Gasteiger partial charge in [0.2, 0.25) is 0 Å². The Morgan fingerprint density at radius 3 is 2.28 bits per heavy atom. The molecule has 4 heteroatoms. The second-order valence-corrected chi connectivity index (χ2v) is 4.63. The fraction of sp³-hybridized carbons (Fsp3) is 0.286. The van der Waals surface area contributed by atoms with Crippen molar-refractivity contribution in [2.75, 3.05) is 4.90 Å². The van der Waals surface area contributed by atoms with E-state index in [0.29, 0.717) is 5.69 Å². The minimum absolute atomic E-state index is 0.110. The Balaban J connectivity index is 1.99. The smallest absolute Gasteiger partial charge is 0.260 e. The molecular weight excluding hydrogens is 231 g/mol. The highest BCUT2D eigenvalue weighted by Gasteiger charge is 2.36. The molecule has 0 radical (unpaired) electrons. The second kappa shape index (κ2) is 4.05. The largest absolute Gasteiger partial charge is 0.284 e. The molecule has 2 aliphatic rings. The first-order valence-corrected chi connectivity index (χ1v) is 6.09. The highest BCUT2D eigenvalue weighted by Crippen LogP contribution is 2.35. The molecule has 0 fully saturated rings. The zero-order valence-corrected chi connectivity index (χ0v) is 9.87. The number of carbonyl (C=O) groups excluding carboxylic acids is 1. The van der Waals surface area contributed by atoms with E-state index >= 15 is 0 Å². The van der Waals surface area contributed by atoms with Crippen LogP contribution in [0, 0.1) is 11.2 Å². The third-order valence-electron chi connectivity index (χ3n) is 3.52. The Labute approximate surface area is 104 Å². The Hall–Kier alpha value is -1.97. The minimum atomic E-state index is -0.338. The molecule has 1 aliphatic heterocycles. The van der Waals surface area contributed by atoms with Crippen molar-refractivity contribution in [3.05, 3.63) is 41.2 Å². The number of rotatable bonds is 1. The van der Waals surface area contributed by atoms with E-state index in [1.54, 1.807) is 12.1 Å². The summed E-state index contributed by atoms with van der Waals surface area (Å²) >= 11 is 0. The monoisotopic (exact) mass is 244 g/mol. The van der Waals surface area contributed by atoms with Crippen LogP contribution < -0.4 is 4.90 Å². The Bertz CT molecular complexity index is 532. The highest BCUT2D eigenvalue weighted by molar-refractivity contribution is 6.33. The maximum absolute atomic E-state index is 12.9. The molecule has 3 rings (SSSR count). The molecule has 0 saturated heterocycles. The molecule has 92 valence electrons. The van der Waals surface area contributed by atoms with Crippen molar-refractivity contribution in [1.82, 2.24) is 0 Å². The third kappa shape index (κ3) is 1.56. The van der Waals surface area contributed by atoms with Crippen LogP contribution in [0.3, 0.4) is 0 Å². The first-order chi connectivity index (χ1) is 8.68. The highest BCUT2D eigenvalue weighted by atomic mass is 19.1.